The Morgan fingerprint density at radius 1 is 1.15 bits per heavy atom. The molecule has 2 rings (SSSR count). The fourth-order valence-electron chi connectivity index (χ4n) is 2.07. The molecular formula is C18H24O2. The summed E-state index contributed by atoms with van der Waals surface area (Å²) in [5.41, 5.74) is 2.70. The number of hydrogen-bond donors (Lipinski definition) is 1. The second-order valence-corrected chi connectivity index (χ2v) is 4.90. The van der Waals surface area contributed by atoms with E-state index < -0.39 is 5.97 Å². The van der Waals surface area contributed by atoms with Crippen molar-refractivity contribution in [2.24, 2.45) is 0 Å². The third kappa shape index (κ3) is 7.57. The summed E-state index contributed by atoms with van der Waals surface area (Å²) in [5, 5.41) is 8.37. The van der Waals surface area contributed by atoms with Gasteiger partial charge in [-0.1, -0.05) is 67.5 Å². The molecule has 1 aliphatic rings. The number of allylic oxidation sites excluding steroid dienone is 4. The molecule has 0 aliphatic heterocycles. The maximum absolute atomic E-state index is 10.2. The Morgan fingerprint density at radius 3 is 2.45 bits per heavy atom. The zero-order valence-electron chi connectivity index (χ0n) is 12.2. The molecule has 1 aromatic rings. The van der Waals surface area contributed by atoms with Gasteiger partial charge >= 0.3 is 5.97 Å². The van der Waals surface area contributed by atoms with Crippen molar-refractivity contribution in [2.75, 3.05) is 0 Å². The van der Waals surface area contributed by atoms with Crippen LogP contribution in [0.4, 0.5) is 0 Å². The molecule has 2 heteroatoms. The van der Waals surface area contributed by atoms with Crippen LogP contribution in [0.5, 0.6) is 0 Å². The molecule has 1 aliphatic carbocycles. The van der Waals surface area contributed by atoms with Crippen LogP contribution in [0, 0.1) is 0 Å². The van der Waals surface area contributed by atoms with Crippen molar-refractivity contribution >= 4 is 5.97 Å². The second kappa shape index (κ2) is 10.0. The van der Waals surface area contributed by atoms with E-state index in [0.717, 1.165) is 12.0 Å². The van der Waals surface area contributed by atoms with Crippen molar-refractivity contribution in [1.82, 2.24) is 0 Å². The number of aryl methyl sites for hydroxylation is 1. The molecule has 0 saturated heterocycles. The standard InChI is InChI=1S/C9H10O2.C9H14/c10-9(11)7-6-8-4-2-1-3-5-8;1-2-6-9-7-4-3-5-8-9/h1-5H,6-7H2,(H,10,11);3-4,8H,2,5-7H2,1H3. The van der Waals surface area contributed by atoms with E-state index in [1.165, 1.54) is 19.3 Å². The average molecular weight is 272 g/mol. The molecule has 0 amide bonds. The molecule has 0 fully saturated rings. The minimum absolute atomic E-state index is 0.212. The van der Waals surface area contributed by atoms with Crippen molar-refractivity contribution in [3.8, 4) is 0 Å². The SMILES string of the molecule is CCCC1=CCC=CC1.O=C(O)CCc1ccccc1. The van der Waals surface area contributed by atoms with Gasteiger partial charge in [-0.15, -0.1) is 0 Å². The first kappa shape index (κ1) is 16.2. The van der Waals surface area contributed by atoms with E-state index in [2.05, 4.69) is 25.2 Å². The maximum atomic E-state index is 10.2. The van der Waals surface area contributed by atoms with Gasteiger partial charge in [0.25, 0.3) is 0 Å². The number of rotatable bonds is 5. The number of benzene rings is 1. The van der Waals surface area contributed by atoms with E-state index in [0.29, 0.717) is 6.42 Å². The fourth-order valence-corrected chi connectivity index (χ4v) is 2.07. The van der Waals surface area contributed by atoms with Crippen molar-refractivity contribution in [2.45, 2.75) is 45.4 Å². The van der Waals surface area contributed by atoms with Gasteiger partial charge in [0.2, 0.25) is 0 Å². The van der Waals surface area contributed by atoms with Crippen LogP contribution in [0.1, 0.15) is 44.6 Å². The van der Waals surface area contributed by atoms with Crippen molar-refractivity contribution in [1.29, 1.82) is 0 Å². The average Bonchev–Trinajstić information content (AvgIpc) is 2.48. The number of carboxylic acid groups (broad SMARTS) is 1. The monoisotopic (exact) mass is 272 g/mol. The van der Waals surface area contributed by atoms with E-state index in [9.17, 15) is 4.79 Å². The normalized spacial score (nSPS) is 13.2. The Morgan fingerprint density at radius 2 is 1.90 bits per heavy atom. The molecular weight excluding hydrogens is 248 g/mol. The first-order chi connectivity index (χ1) is 9.72. The molecule has 0 bridgehead atoms. The van der Waals surface area contributed by atoms with Crippen molar-refractivity contribution < 1.29 is 9.90 Å². The molecule has 0 spiro atoms. The summed E-state index contributed by atoms with van der Waals surface area (Å²) in [7, 11) is 0. The highest BCUT2D eigenvalue weighted by Crippen LogP contribution is 2.15. The smallest absolute Gasteiger partial charge is 0.303 e. The molecule has 1 aromatic carbocycles. The van der Waals surface area contributed by atoms with Crippen LogP contribution in [-0.2, 0) is 11.2 Å². The molecule has 0 radical (unpaired) electrons. The Kier molecular flexibility index (Phi) is 8.13. The fraction of sp³-hybridized carbons (Fsp3) is 0.389. The van der Waals surface area contributed by atoms with Gasteiger partial charge in [0.1, 0.15) is 0 Å². The van der Waals surface area contributed by atoms with Crippen LogP contribution in [0.3, 0.4) is 0 Å². The third-order valence-electron chi connectivity index (χ3n) is 3.13. The Bertz CT molecular complexity index is 444. The van der Waals surface area contributed by atoms with Crippen LogP contribution in [-0.4, -0.2) is 11.1 Å². The van der Waals surface area contributed by atoms with Gasteiger partial charge in [-0.3, -0.25) is 4.79 Å². The predicted octanol–water partition coefficient (Wildman–Crippen LogP) is 4.77. The molecule has 0 unspecified atom stereocenters. The molecule has 0 aromatic heterocycles. The summed E-state index contributed by atoms with van der Waals surface area (Å²) in [6.45, 7) is 2.24. The largest absolute Gasteiger partial charge is 0.481 e. The zero-order chi connectivity index (χ0) is 14.6. The highest BCUT2D eigenvalue weighted by atomic mass is 16.4. The topological polar surface area (TPSA) is 37.3 Å². The van der Waals surface area contributed by atoms with Gasteiger partial charge < -0.3 is 5.11 Å². The van der Waals surface area contributed by atoms with Crippen LogP contribution < -0.4 is 0 Å². The van der Waals surface area contributed by atoms with Gasteiger partial charge in [-0.25, -0.2) is 0 Å². The maximum Gasteiger partial charge on any atom is 0.303 e. The lowest BCUT2D eigenvalue weighted by molar-refractivity contribution is -0.136. The van der Waals surface area contributed by atoms with E-state index in [1.54, 1.807) is 5.57 Å². The highest BCUT2D eigenvalue weighted by molar-refractivity contribution is 5.67. The Hall–Kier alpha value is -1.83. The molecule has 0 atom stereocenters. The number of carbonyl (C=O) groups is 1. The first-order valence-corrected chi connectivity index (χ1v) is 7.31. The number of carboxylic acids is 1. The number of aliphatic carboxylic acids is 1. The predicted molar refractivity (Wildman–Crippen MR) is 83.8 cm³/mol. The van der Waals surface area contributed by atoms with Crippen LogP contribution in [0.2, 0.25) is 0 Å². The molecule has 0 saturated carbocycles. The van der Waals surface area contributed by atoms with Gasteiger partial charge in [0, 0.05) is 6.42 Å². The minimum atomic E-state index is -0.742. The Labute approximate surface area is 121 Å². The van der Waals surface area contributed by atoms with Crippen LogP contribution in [0.25, 0.3) is 0 Å². The Balaban J connectivity index is 0.000000204. The molecule has 2 nitrogen and oxygen atoms in total. The molecule has 108 valence electrons. The van der Waals surface area contributed by atoms with Gasteiger partial charge in [0.15, 0.2) is 0 Å². The van der Waals surface area contributed by atoms with E-state index in [4.69, 9.17) is 5.11 Å². The summed E-state index contributed by atoms with van der Waals surface area (Å²) < 4.78 is 0. The summed E-state index contributed by atoms with van der Waals surface area (Å²) in [4.78, 5) is 10.2. The van der Waals surface area contributed by atoms with Crippen LogP contribution >= 0.6 is 0 Å². The molecule has 1 N–H and O–H groups in total. The number of hydrogen-bond acceptors (Lipinski definition) is 1. The van der Waals surface area contributed by atoms with Gasteiger partial charge in [-0.05, 0) is 31.2 Å². The van der Waals surface area contributed by atoms with Gasteiger partial charge in [0.05, 0.1) is 0 Å². The lowest BCUT2D eigenvalue weighted by atomic mass is 10.0. The first-order valence-electron chi connectivity index (χ1n) is 7.31. The molecule has 0 heterocycles. The molecule has 20 heavy (non-hydrogen) atoms. The van der Waals surface area contributed by atoms with Crippen LogP contribution in [0.15, 0.2) is 54.1 Å². The second-order valence-electron chi connectivity index (χ2n) is 4.90. The summed E-state index contributed by atoms with van der Waals surface area (Å²) in [6, 6.07) is 9.62. The lowest BCUT2D eigenvalue weighted by Crippen LogP contribution is -1.96. The van der Waals surface area contributed by atoms with E-state index in [1.807, 2.05) is 30.3 Å². The summed E-state index contributed by atoms with van der Waals surface area (Å²) in [6.07, 6.45) is 12.6. The quantitative estimate of drug-likeness (QED) is 0.784. The van der Waals surface area contributed by atoms with E-state index in [-0.39, 0.29) is 6.42 Å². The van der Waals surface area contributed by atoms with Crippen molar-refractivity contribution in [3.63, 3.8) is 0 Å². The summed E-state index contributed by atoms with van der Waals surface area (Å²) in [5.74, 6) is -0.742. The van der Waals surface area contributed by atoms with Gasteiger partial charge in [-0.2, -0.15) is 0 Å². The lowest BCUT2D eigenvalue weighted by Gasteiger charge is -2.04. The third-order valence-corrected chi connectivity index (χ3v) is 3.13. The van der Waals surface area contributed by atoms with Crippen molar-refractivity contribution in [3.05, 3.63) is 59.7 Å². The highest BCUT2D eigenvalue weighted by Gasteiger charge is 1.96. The van der Waals surface area contributed by atoms with E-state index >= 15 is 0 Å². The zero-order valence-corrected chi connectivity index (χ0v) is 12.2. The summed E-state index contributed by atoms with van der Waals surface area (Å²) >= 11 is 0. The minimum Gasteiger partial charge on any atom is -0.481 e.